The molecular formula is C16H24N4O2. The predicted octanol–water partition coefficient (Wildman–Crippen LogP) is 1.84. The van der Waals surface area contributed by atoms with Crippen molar-refractivity contribution in [1.29, 1.82) is 0 Å². The molecule has 0 spiro atoms. The van der Waals surface area contributed by atoms with Gasteiger partial charge in [0.1, 0.15) is 5.82 Å². The molecule has 2 aliphatic heterocycles. The average molecular weight is 304 g/mol. The number of hydrogen-bond acceptors (Lipinski definition) is 5. The van der Waals surface area contributed by atoms with Crippen LogP contribution < -0.4 is 5.32 Å². The quantitative estimate of drug-likeness (QED) is 0.899. The van der Waals surface area contributed by atoms with Gasteiger partial charge in [0.05, 0.1) is 6.10 Å². The van der Waals surface area contributed by atoms with E-state index >= 15 is 0 Å². The number of carbonyl (C=O) groups is 1. The van der Waals surface area contributed by atoms with Crippen LogP contribution >= 0.6 is 0 Å². The number of ether oxygens (including phenoxy) is 1. The molecule has 2 fully saturated rings. The third kappa shape index (κ3) is 4.16. The number of hydrogen-bond donors (Lipinski definition) is 1. The van der Waals surface area contributed by atoms with E-state index in [2.05, 4.69) is 15.5 Å². The third-order valence-electron chi connectivity index (χ3n) is 4.48. The summed E-state index contributed by atoms with van der Waals surface area (Å²) in [5.74, 6) is 1.08. The van der Waals surface area contributed by atoms with Crippen LogP contribution in [0.4, 0.5) is 5.82 Å². The van der Waals surface area contributed by atoms with Crippen molar-refractivity contribution >= 4 is 11.7 Å². The van der Waals surface area contributed by atoms with Gasteiger partial charge in [0, 0.05) is 38.4 Å². The van der Waals surface area contributed by atoms with Gasteiger partial charge in [-0.1, -0.05) is 0 Å². The number of anilines is 1. The zero-order chi connectivity index (χ0) is 15.2. The van der Waals surface area contributed by atoms with Crippen LogP contribution in [0, 0.1) is 0 Å². The molecule has 0 aliphatic carbocycles. The smallest absolute Gasteiger partial charge is 0.222 e. The van der Waals surface area contributed by atoms with E-state index in [-0.39, 0.29) is 5.91 Å². The van der Waals surface area contributed by atoms with Crippen molar-refractivity contribution in [2.45, 2.75) is 50.7 Å². The first-order valence-corrected chi connectivity index (χ1v) is 8.25. The van der Waals surface area contributed by atoms with Crippen molar-refractivity contribution in [3.05, 3.63) is 18.3 Å². The number of carbonyl (C=O) groups excluding carboxylic acids is 1. The number of nitrogens with zero attached hydrogens (tertiary/aromatic N) is 3. The van der Waals surface area contributed by atoms with Crippen LogP contribution in [0.2, 0.25) is 0 Å². The number of amides is 1. The molecule has 1 unspecified atom stereocenters. The normalized spacial score (nSPS) is 22.7. The zero-order valence-electron chi connectivity index (χ0n) is 12.9. The first-order chi connectivity index (χ1) is 10.8. The minimum atomic E-state index is 0.272. The number of likely N-dealkylation sites (tertiary alicyclic amines) is 1. The molecule has 1 atom stereocenters. The lowest BCUT2D eigenvalue weighted by Crippen LogP contribution is -2.42. The SMILES string of the molecule is O=C(CCC1CCCO1)N1CCC(Nc2cccnn2)CC1. The Bertz CT molecular complexity index is 468. The van der Waals surface area contributed by atoms with E-state index in [9.17, 15) is 4.79 Å². The molecule has 0 radical (unpaired) electrons. The summed E-state index contributed by atoms with van der Waals surface area (Å²) in [7, 11) is 0. The zero-order valence-corrected chi connectivity index (χ0v) is 12.9. The molecule has 6 heteroatoms. The molecule has 1 aromatic rings. The van der Waals surface area contributed by atoms with Crippen molar-refractivity contribution < 1.29 is 9.53 Å². The third-order valence-corrected chi connectivity index (χ3v) is 4.48. The molecule has 3 heterocycles. The molecule has 0 bridgehead atoms. The summed E-state index contributed by atoms with van der Waals surface area (Å²) >= 11 is 0. The highest BCUT2D eigenvalue weighted by molar-refractivity contribution is 5.76. The summed E-state index contributed by atoms with van der Waals surface area (Å²) in [5, 5.41) is 11.3. The monoisotopic (exact) mass is 304 g/mol. The molecule has 0 saturated carbocycles. The maximum Gasteiger partial charge on any atom is 0.222 e. The summed E-state index contributed by atoms with van der Waals surface area (Å²) in [6.07, 6.45) is 7.63. The first kappa shape index (κ1) is 15.2. The highest BCUT2D eigenvalue weighted by atomic mass is 16.5. The lowest BCUT2D eigenvalue weighted by atomic mass is 10.0. The molecule has 1 N–H and O–H groups in total. The van der Waals surface area contributed by atoms with Crippen molar-refractivity contribution in [3.8, 4) is 0 Å². The van der Waals surface area contributed by atoms with Crippen LogP contribution in [-0.2, 0) is 9.53 Å². The van der Waals surface area contributed by atoms with E-state index in [0.717, 1.165) is 57.6 Å². The van der Waals surface area contributed by atoms with E-state index in [1.165, 1.54) is 0 Å². The van der Waals surface area contributed by atoms with Crippen molar-refractivity contribution in [1.82, 2.24) is 15.1 Å². The summed E-state index contributed by atoms with van der Waals surface area (Å²) in [5.41, 5.74) is 0. The molecule has 1 amide bonds. The Labute approximate surface area is 131 Å². The van der Waals surface area contributed by atoms with Gasteiger partial charge in [-0.2, -0.15) is 5.10 Å². The maximum absolute atomic E-state index is 12.2. The van der Waals surface area contributed by atoms with Gasteiger partial charge >= 0.3 is 0 Å². The summed E-state index contributed by atoms with van der Waals surface area (Å²) in [6.45, 7) is 2.50. The Hall–Kier alpha value is -1.69. The first-order valence-electron chi connectivity index (χ1n) is 8.25. The second-order valence-corrected chi connectivity index (χ2v) is 6.08. The van der Waals surface area contributed by atoms with Gasteiger partial charge in [0.15, 0.2) is 0 Å². The number of nitrogens with one attached hydrogen (secondary N) is 1. The van der Waals surface area contributed by atoms with Crippen LogP contribution in [0.1, 0.15) is 38.5 Å². The Balaban J connectivity index is 1.38. The van der Waals surface area contributed by atoms with Crippen molar-refractivity contribution in [3.63, 3.8) is 0 Å². The summed E-state index contributed by atoms with van der Waals surface area (Å²) in [4.78, 5) is 14.2. The molecule has 22 heavy (non-hydrogen) atoms. The van der Waals surface area contributed by atoms with Crippen LogP contribution in [0.15, 0.2) is 18.3 Å². The second-order valence-electron chi connectivity index (χ2n) is 6.08. The lowest BCUT2D eigenvalue weighted by molar-refractivity contribution is -0.132. The molecular weight excluding hydrogens is 280 g/mol. The van der Waals surface area contributed by atoms with E-state index in [1.807, 2.05) is 17.0 Å². The Morgan fingerprint density at radius 2 is 2.23 bits per heavy atom. The van der Waals surface area contributed by atoms with E-state index < -0.39 is 0 Å². The van der Waals surface area contributed by atoms with Gasteiger partial charge in [-0.15, -0.1) is 5.10 Å². The Kier molecular flexibility index (Phi) is 5.21. The average Bonchev–Trinajstić information content (AvgIpc) is 3.08. The van der Waals surface area contributed by atoms with Crippen LogP contribution in [-0.4, -0.2) is 52.8 Å². The fourth-order valence-electron chi connectivity index (χ4n) is 3.18. The predicted molar refractivity (Wildman–Crippen MR) is 83.5 cm³/mol. The fourth-order valence-corrected chi connectivity index (χ4v) is 3.18. The Morgan fingerprint density at radius 3 is 2.91 bits per heavy atom. The topological polar surface area (TPSA) is 67.3 Å². The van der Waals surface area contributed by atoms with Gasteiger partial charge in [0.25, 0.3) is 0 Å². The van der Waals surface area contributed by atoms with E-state index in [1.54, 1.807) is 6.20 Å². The molecule has 3 rings (SSSR count). The van der Waals surface area contributed by atoms with Crippen molar-refractivity contribution in [2.75, 3.05) is 25.0 Å². The van der Waals surface area contributed by atoms with Gasteiger partial charge in [-0.25, -0.2) is 0 Å². The van der Waals surface area contributed by atoms with E-state index in [0.29, 0.717) is 18.6 Å². The van der Waals surface area contributed by atoms with Crippen LogP contribution in [0.25, 0.3) is 0 Å². The highest BCUT2D eigenvalue weighted by Crippen LogP contribution is 2.19. The molecule has 0 aromatic carbocycles. The van der Waals surface area contributed by atoms with Gasteiger partial charge in [-0.3, -0.25) is 4.79 Å². The summed E-state index contributed by atoms with van der Waals surface area (Å²) < 4.78 is 5.58. The largest absolute Gasteiger partial charge is 0.378 e. The van der Waals surface area contributed by atoms with Gasteiger partial charge < -0.3 is 15.0 Å². The van der Waals surface area contributed by atoms with Gasteiger partial charge in [0.2, 0.25) is 5.91 Å². The summed E-state index contributed by atoms with van der Waals surface area (Å²) in [6, 6.07) is 4.17. The molecule has 2 saturated heterocycles. The maximum atomic E-state index is 12.2. The second kappa shape index (κ2) is 7.54. The van der Waals surface area contributed by atoms with E-state index in [4.69, 9.17) is 4.74 Å². The molecule has 2 aliphatic rings. The van der Waals surface area contributed by atoms with Gasteiger partial charge in [-0.05, 0) is 44.2 Å². The van der Waals surface area contributed by atoms with Crippen molar-refractivity contribution in [2.24, 2.45) is 0 Å². The molecule has 1 aromatic heterocycles. The number of aromatic nitrogens is 2. The Morgan fingerprint density at radius 1 is 1.36 bits per heavy atom. The number of rotatable bonds is 5. The number of piperidine rings is 1. The van der Waals surface area contributed by atoms with Crippen LogP contribution in [0.5, 0.6) is 0 Å². The highest BCUT2D eigenvalue weighted by Gasteiger charge is 2.24. The molecule has 6 nitrogen and oxygen atoms in total. The fraction of sp³-hybridized carbons (Fsp3) is 0.688. The standard InChI is InChI=1S/C16H24N4O2/c21-16(6-5-14-3-2-12-22-14)20-10-7-13(8-11-20)18-15-4-1-9-17-19-15/h1,4,9,13-14H,2-3,5-8,10-12H2,(H,18,19). The lowest BCUT2D eigenvalue weighted by Gasteiger charge is -2.32. The minimum Gasteiger partial charge on any atom is -0.378 e. The van der Waals surface area contributed by atoms with Crippen LogP contribution in [0.3, 0.4) is 0 Å². The molecule has 120 valence electrons. The minimum absolute atomic E-state index is 0.272.